The van der Waals surface area contributed by atoms with Gasteiger partial charge in [-0.15, -0.1) is 0 Å². The Bertz CT molecular complexity index is 1760. The summed E-state index contributed by atoms with van der Waals surface area (Å²) in [5.41, 5.74) is 10.2. The van der Waals surface area contributed by atoms with E-state index in [1.807, 2.05) is 6.07 Å². The molecule has 0 spiro atoms. The predicted molar refractivity (Wildman–Crippen MR) is 135 cm³/mol. The Hall–Kier alpha value is -3.47. The third kappa shape index (κ3) is 2.11. The number of hydrogen-bond donors (Lipinski definition) is 1. The van der Waals surface area contributed by atoms with Gasteiger partial charge in [-0.2, -0.15) is 4.57 Å². The number of para-hydroxylation sites is 2. The smallest absolute Gasteiger partial charge is 0.244 e. The Labute approximate surface area is 203 Å². The van der Waals surface area contributed by atoms with Crippen LogP contribution in [0.1, 0.15) is 48.1 Å². The van der Waals surface area contributed by atoms with Crippen LogP contribution in [0.5, 0.6) is 0 Å². The van der Waals surface area contributed by atoms with Crippen LogP contribution in [0.25, 0.3) is 44.5 Å². The Morgan fingerprint density at radius 2 is 1.69 bits per heavy atom. The highest BCUT2D eigenvalue weighted by atomic mass is 16.6. The van der Waals surface area contributed by atoms with Crippen LogP contribution in [0.2, 0.25) is 0 Å². The van der Waals surface area contributed by atoms with Crippen molar-refractivity contribution in [1.82, 2.24) is 0 Å². The van der Waals surface area contributed by atoms with E-state index in [2.05, 4.69) is 86.0 Å². The van der Waals surface area contributed by atoms with Gasteiger partial charge >= 0.3 is 0 Å². The molecule has 3 aromatic carbocycles. The van der Waals surface area contributed by atoms with Gasteiger partial charge in [0, 0.05) is 46.6 Å². The molecule has 1 fully saturated rings. The summed E-state index contributed by atoms with van der Waals surface area (Å²) in [7, 11) is 1.62. The molecule has 3 aliphatic rings. The molecule has 3 unspecified atom stereocenters. The van der Waals surface area contributed by atoms with E-state index in [9.17, 15) is 5.11 Å². The van der Waals surface area contributed by atoms with E-state index in [1.54, 1.807) is 7.11 Å². The molecular formula is C31H26NO3+. The SMILES string of the molecule is COC1(O)C2c3ccc4c(c3-c3cc(C)c5ccccc5[n+]3C21)C(C)(C)c1c-4oc2ccccc12. The predicted octanol–water partition coefficient (Wildman–Crippen LogP) is 6.14. The average Bonchev–Trinajstić information content (AvgIpc) is 3.18. The standard InChI is InChI=1S/C31H26NO3/c1-16-15-22-24-19(27-29(31(27,33)34-4)32(22)21-11-7-5-9-17(16)21)13-14-20-25(24)30(2,3)26-18-10-6-8-12-23(18)35-28(20)26/h5-15,27,29,33H,1-4H3/q+1. The van der Waals surface area contributed by atoms with Gasteiger partial charge in [-0.1, -0.05) is 56.3 Å². The van der Waals surface area contributed by atoms with Crippen molar-refractivity contribution in [3.63, 3.8) is 0 Å². The van der Waals surface area contributed by atoms with Gasteiger partial charge in [-0.25, -0.2) is 0 Å². The van der Waals surface area contributed by atoms with Crippen LogP contribution < -0.4 is 4.57 Å². The minimum absolute atomic E-state index is 0.115. The number of aromatic nitrogens is 1. The van der Waals surface area contributed by atoms with Gasteiger partial charge in [-0.05, 0) is 35.7 Å². The number of nitrogens with zero attached hydrogens (tertiary/aromatic N) is 1. The molecular weight excluding hydrogens is 434 g/mol. The number of benzene rings is 3. The van der Waals surface area contributed by atoms with Crippen molar-refractivity contribution < 1.29 is 18.8 Å². The zero-order valence-electron chi connectivity index (χ0n) is 20.2. The summed E-state index contributed by atoms with van der Waals surface area (Å²) in [6, 6.07) is 23.3. The van der Waals surface area contributed by atoms with Gasteiger partial charge in [0.25, 0.3) is 0 Å². The second-order valence-corrected chi connectivity index (χ2v) is 10.9. The molecule has 4 heteroatoms. The highest BCUT2D eigenvalue weighted by molar-refractivity contribution is 5.97. The summed E-state index contributed by atoms with van der Waals surface area (Å²) in [4.78, 5) is 0. The molecule has 8 rings (SSSR count). The molecule has 1 saturated carbocycles. The normalized spacial score (nSPS) is 24.6. The van der Waals surface area contributed by atoms with Crippen LogP contribution in [-0.2, 0) is 10.2 Å². The monoisotopic (exact) mass is 460 g/mol. The van der Waals surface area contributed by atoms with Crippen molar-refractivity contribution in [2.45, 2.75) is 43.9 Å². The van der Waals surface area contributed by atoms with E-state index in [0.717, 1.165) is 33.7 Å². The van der Waals surface area contributed by atoms with E-state index in [0.29, 0.717) is 0 Å². The molecule has 1 aliphatic heterocycles. The van der Waals surface area contributed by atoms with Crippen molar-refractivity contribution in [1.29, 1.82) is 0 Å². The zero-order chi connectivity index (χ0) is 23.9. The van der Waals surface area contributed by atoms with Crippen LogP contribution >= 0.6 is 0 Å². The van der Waals surface area contributed by atoms with Gasteiger partial charge in [0.2, 0.25) is 23.0 Å². The maximum absolute atomic E-state index is 11.6. The topological polar surface area (TPSA) is 46.5 Å². The van der Waals surface area contributed by atoms with Crippen molar-refractivity contribution >= 4 is 21.9 Å². The Balaban J connectivity index is 1.53. The van der Waals surface area contributed by atoms with E-state index in [1.165, 1.54) is 33.0 Å². The first-order valence-electron chi connectivity index (χ1n) is 12.3. The molecule has 0 saturated heterocycles. The first kappa shape index (κ1) is 19.8. The summed E-state index contributed by atoms with van der Waals surface area (Å²) in [5.74, 6) is -0.368. The summed E-state index contributed by atoms with van der Waals surface area (Å²) >= 11 is 0. The first-order chi connectivity index (χ1) is 16.9. The number of aryl methyl sites for hydroxylation is 1. The van der Waals surface area contributed by atoms with Crippen molar-refractivity contribution in [2.75, 3.05) is 7.11 Å². The van der Waals surface area contributed by atoms with Crippen LogP contribution in [0.4, 0.5) is 0 Å². The Morgan fingerprint density at radius 1 is 0.943 bits per heavy atom. The van der Waals surface area contributed by atoms with Gasteiger partial charge in [0.15, 0.2) is 0 Å². The quantitative estimate of drug-likeness (QED) is 0.241. The fraction of sp³-hybridized carbons (Fsp3) is 0.258. The fourth-order valence-electron chi connectivity index (χ4n) is 7.27. The molecule has 5 aromatic rings. The molecule has 0 amide bonds. The van der Waals surface area contributed by atoms with Crippen molar-refractivity contribution in [3.05, 3.63) is 89.0 Å². The Kier molecular flexibility index (Phi) is 3.40. The van der Waals surface area contributed by atoms with E-state index in [-0.39, 0.29) is 17.4 Å². The molecule has 172 valence electrons. The number of methoxy groups -OCH3 is 1. The molecule has 0 bridgehead atoms. The van der Waals surface area contributed by atoms with Crippen LogP contribution in [0, 0.1) is 6.92 Å². The summed E-state index contributed by atoms with van der Waals surface area (Å²) in [6.45, 7) is 6.79. The minimum atomic E-state index is -1.22. The maximum Gasteiger partial charge on any atom is 0.244 e. The summed E-state index contributed by atoms with van der Waals surface area (Å²) < 4.78 is 14.6. The molecule has 1 N–H and O–H groups in total. The van der Waals surface area contributed by atoms with Crippen molar-refractivity contribution in [2.24, 2.45) is 0 Å². The lowest BCUT2D eigenvalue weighted by molar-refractivity contribution is -0.677. The van der Waals surface area contributed by atoms with Gasteiger partial charge in [-0.3, -0.25) is 0 Å². The number of aliphatic hydroxyl groups is 1. The zero-order valence-corrected chi connectivity index (χ0v) is 20.2. The van der Waals surface area contributed by atoms with E-state index < -0.39 is 5.79 Å². The summed E-state index contributed by atoms with van der Waals surface area (Å²) in [6.07, 6.45) is 0. The molecule has 0 radical (unpaired) electrons. The lowest BCUT2D eigenvalue weighted by Gasteiger charge is -2.26. The number of rotatable bonds is 1. The average molecular weight is 461 g/mol. The third-order valence-electron chi connectivity index (χ3n) is 8.80. The molecule has 3 atom stereocenters. The van der Waals surface area contributed by atoms with Crippen LogP contribution in [0.3, 0.4) is 0 Å². The van der Waals surface area contributed by atoms with Crippen molar-refractivity contribution in [3.8, 4) is 22.6 Å². The largest absolute Gasteiger partial charge is 0.456 e. The number of pyridine rings is 1. The second kappa shape index (κ2) is 6.01. The van der Waals surface area contributed by atoms with E-state index in [4.69, 9.17) is 9.15 Å². The molecule has 2 aliphatic carbocycles. The van der Waals surface area contributed by atoms with Crippen LogP contribution in [0.15, 0.2) is 71.1 Å². The fourth-order valence-corrected chi connectivity index (χ4v) is 7.27. The molecule has 2 aromatic heterocycles. The van der Waals surface area contributed by atoms with Gasteiger partial charge in [0.05, 0.1) is 5.56 Å². The minimum Gasteiger partial charge on any atom is -0.456 e. The molecule has 3 heterocycles. The number of fused-ring (bicyclic) bond motifs is 14. The number of hydrogen-bond acceptors (Lipinski definition) is 3. The number of ether oxygens (including phenoxy) is 1. The Morgan fingerprint density at radius 3 is 2.49 bits per heavy atom. The number of furan rings is 1. The maximum atomic E-state index is 11.6. The highest BCUT2D eigenvalue weighted by Crippen LogP contribution is 2.66. The third-order valence-corrected chi connectivity index (χ3v) is 8.80. The lowest BCUT2D eigenvalue weighted by atomic mass is 9.76. The molecule has 4 nitrogen and oxygen atoms in total. The summed E-state index contributed by atoms with van der Waals surface area (Å²) in [5, 5.41) is 14.0. The molecule has 35 heavy (non-hydrogen) atoms. The van der Waals surface area contributed by atoms with Gasteiger partial charge in [0.1, 0.15) is 17.3 Å². The van der Waals surface area contributed by atoms with E-state index >= 15 is 0 Å². The lowest BCUT2D eigenvalue weighted by Crippen LogP contribution is -2.42. The van der Waals surface area contributed by atoms with Gasteiger partial charge < -0.3 is 14.3 Å². The second-order valence-electron chi connectivity index (χ2n) is 10.9. The van der Waals surface area contributed by atoms with Crippen LogP contribution in [-0.4, -0.2) is 18.0 Å². The first-order valence-corrected chi connectivity index (χ1v) is 12.3. The highest BCUT2D eigenvalue weighted by Gasteiger charge is 2.77.